The van der Waals surface area contributed by atoms with Crippen LogP contribution in [-0.4, -0.2) is 112 Å². The number of esters is 1. The van der Waals surface area contributed by atoms with Crippen LogP contribution in [0.4, 0.5) is 0 Å². The first-order valence-corrected chi connectivity index (χ1v) is 15.6. The quantitative estimate of drug-likeness (QED) is 0.264. The van der Waals surface area contributed by atoms with Gasteiger partial charge in [0.2, 0.25) is 0 Å². The molecule has 2 fully saturated rings. The van der Waals surface area contributed by atoms with Crippen LogP contribution in [0.3, 0.4) is 0 Å². The topological polar surface area (TPSA) is 151 Å². The number of carbonyl (C=O) groups is 1. The van der Waals surface area contributed by atoms with E-state index in [1.54, 1.807) is 41.5 Å². The number of oxime groups is 1. The molecule has 2 heterocycles. The molecule has 0 saturated carbocycles. The maximum Gasteiger partial charge on any atom is 0.311 e. The number of cyclic esters (lactones) is 1. The van der Waals surface area contributed by atoms with Crippen molar-refractivity contribution in [3.63, 3.8) is 0 Å². The molecule has 11 heteroatoms. The van der Waals surface area contributed by atoms with Crippen LogP contribution in [0.5, 0.6) is 0 Å². The molecule has 11 nitrogen and oxygen atoms in total. The Morgan fingerprint density at radius 2 is 1.64 bits per heavy atom. The van der Waals surface area contributed by atoms with Gasteiger partial charge in [-0.2, -0.15) is 0 Å². The molecule has 246 valence electrons. The van der Waals surface area contributed by atoms with Crippen molar-refractivity contribution in [1.82, 2.24) is 4.90 Å². The van der Waals surface area contributed by atoms with Crippen molar-refractivity contribution >= 4 is 11.7 Å². The van der Waals surface area contributed by atoms with Crippen LogP contribution in [0.1, 0.15) is 88.0 Å². The molecule has 0 unspecified atom stereocenters. The molecule has 0 spiro atoms. The van der Waals surface area contributed by atoms with Gasteiger partial charge in [-0.05, 0) is 68.0 Å². The monoisotopic (exact) mass is 602 g/mol. The zero-order valence-electron chi connectivity index (χ0n) is 27.6. The Labute approximate surface area is 252 Å². The molecule has 0 aromatic heterocycles. The number of aliphatic hydroxyl groups is 4. The largest absolute Gasteiger partial charge is 0.459 e. The lowest BCUT2D eigenvalue weighted by Gasteiger charge is -2.46. The molecule has 13 atom stereocenters. The van der Waals surface area contributed by atoms with E-state index in [9.17, 15) is 25.2 Å². The number of hydrogen-bond donors (Lipinski definition) is 4. The minimum atomic E-state index is -1.83. The van der Waals surface area contributed by atoms with Gasteiger partial charge >= 0.3 is 5.97 Å². The minimum Gasteiger partial charge on any atom is -0.459 e. The first-order valence-electron chi connectivity index (χ1n) is 15.6. The second-order valence-electron chi connectivity index (χ2n) is 13.3. The maximum absolute atomic E-state index is 13.3. The molecule has 2 aliphatic rings. The Kier molecular flexibility index (Phi) is 13.2. The fourth-order valence-electron chi connectivity index (χ4n) is 6.68. The van der Waals surface area contributed by atoms with E-state index < -0.39 is 71.5 Å². The Balaban J connectivity index is 2.60. The molecule has 0 bridgehead atoms. The average molecular weight is 603 g/mol. The van der Waals surface area contributed by atoms with Crippen LogP contribution in [-0.2, 0) is 23.8 Å². The van der Waals surface area contributed by atoms with Crippen LogP contribution in [0, 0.1) is 23.7 Å². The summed E-state index contributed by atoms with van der Waals surface area (Å²) in [6, 6.07) is 0.210. The van der Waals surface area contributed by atoms with Crippen LogP contribution < -0.4 is 0 Å². The molecule has 2 aliphatic heterocycles. The Hall–Kier alpha value is -1.34. The summed E-state index contributed by atoms with van der Waals surface area (Å²) < 4.78 is 18.4. The molecular formula is C31H58N2O9. The summed E-state index contributed by atoms with van der Waals surface area (Å²) >= 11 is 0. The lowest BCUT2D eigenvalue weighted by atomic mass is 9.73. The summed E-state index contributed by atoms with van der Waals surface area (Å²) in [7, 11) is 4.02. The normalized spacial score (nSPS) is 45.9. The number of hydrogen-bond acceptors (Lipinski definition) is 11. The number of ether oxygens (including phenoxy) is 3. The van der Waals surface area contributed by atoms with Gasteiger partial charge in [-0.25, -0.2) is 0 Å². The Morgan fingerprint density at radius 3 is 2.19 bits per heavy atom. The lowest BCUT2D eigenvalue weighted by molar-refractivity contribution is -0.267. The van der Waals surface area contributed by atoms with Crippen molar-refractivity contribution in [2.75, 3.05) is 20.7 Å². The molecule has 4 N–H and O–H groups in total. The van der Waals surface area contributed by atoms with Gasteiger partial charge < -0.3 is 44.4 Å². The summed E-state index contributed by atoms with van der Waals surface area (Å²) in [6.07, 6.45) is -3.54. The first-order chi connectivity index (χ1) is 19.4. The van der Waals surface area contributed by atoms with E-state index in [0.29, 0.717) is 12.1 Å². The SMILES string of the molecule is CCO/N=C1\[C@H](C)C[C@@](C)(O)[C@H](O[C@H]2C[C@@H](N(C)C)C[C@@H](C)O2)[C@@H](C)[C@H](O)[C@@H](C)C(=O)O[C@H](CC)[C@@](C)(O)[C@H](O)[C@H]1C. The second-order valence-corrected chi connectivity index (χ2v) is 13.3. The van der Waals surface area contributed by atoms with Gasteiger partial charge in [0.1, 0.15) is 18.3 Å². The minimum absolute atomic E-state index is 0.0707. The molecular weight excluding hydrogens is 544 g/mol. The third-order valence-corrected chi connectivity index (χ3v) is 9.34. The molecule has 2 rings (SSSR count). The lowest BCUT2D eigenvalue weighted by Crippen LogP contribution is -2.58. The Morgan fingerprint density at radius 1 is 1.02 bits per heavy atom. The molecule has 0 aliphatic carbocycles. The van der Waals surface area contributed by atoms with E-state index in [4.69, 9.17) is 19.0 Å². The number of rotatable bonds is 6. The van der Waals surface area contributed by atoms with E-state index in [-0.39, 0.29) is 31.6 Å². The highest BCUT2D eigenvalue weighted by molar-refractivity contribution is 5.88. The van der Waals surface area contributed by atoms with Gasteiger partial charge in [-0.3, -0.25) is 4.79 Å². The smallest absolute Gasteiger partial charge is 0.311 e. The van der Waals surface area contributed by atoms with Crippen LogP contribution in [0.25, 0.3) is 0 Å². The highest BCUT2D eigenvalue weighted by Gasteiger charge is 2.50. The second kappa shape index (κ2) is 15.1. The molecule has 0 aromatic rings. The van der Waals surface area contributed by atoms with E-state index >= 15 is 0 Å². The van der Waals surface area contributed by atoms with Crippen LogP contribution in [0.2, 0.25) is 0 Å². The molecule has 0 radical (unpaired) electrons. The van der Waals surface area contributed by atoms with Crippen molar-refractivity contribution in [3.05, 3.63) is 0 Å². The summed E-state index contributed by atoms with van der Waals surface area (Å²) in [6.45, 7) is 15.8. The molecule has 2 saturated heterocycles. The number of aliphatic hydroxyl groups excluding tert-OH is 2. The van der Waals surface area contributed by atoms with E-state index in [2.05, 4.69) is 10.1 Å². The highest BCUT2D eigenvalue weighted by Crippen LogP contribution is 2.38. The van der Waals surface area contributed by atoms with Crippen molar-refractivity contribution < 1.29 is 44.3 Å². The van der Waals surface area contributed by atoms with Crippen molar-refractivity contribution in [3.8, 4) is 0 Å². The number of nitrogens with zero attached hydrogens (tertiary/aromatic N) is 2. The van der Waals surface area contributed by atoms with Crippen molar-refractivity contribution in [2.24, 2.45) is 28.8 Å². The Bertz CT molecular complexity index is 896. The fourth-order valence-corrected chi connectivity index (χ4v) is 6.68. The van der Waals surface area contributed by atoms with Gasteiger partial charge in [0.05, 0.1) is 41.6 Å². The highest BCUT2D eigenvalue weighted by atomic mass is 16.7. The van der Waals surface area contributed by atoms with Gasteiger partial charge in [-0.1, -0.05) is 32.9 Å². The van der Waals surface area contributed by atoms with Gasteiger partial charge in [0.15, 0.2) is 6.29 Å². The molecule has 42 heavy (non-hydrogen) atoms. The van der Waals surface area contributed by atoms with Crippen LogP contribution >= 0.6 is 0 Å². The molecule has 0 amide bonds. The average Bonchev–Trinajstić information content (AvgIpc) is 2.91. The van der Waals surface area contributed by atoms with E-state index in [0.717, 1.165) is 6.42 Å². The summed E-state index contributed by atoms with van der Waals surface area (Å²) in [5.41, 5.74) is -2.92. The summed E-state index contributed by atoms with van der Waals surface area (Å²) in [5.74, 6) is -3.57. The number of carbonyl (C=O) groups excluding carboxylic acids is 1. The maximum atomic E-state index is 13.3. The third kappa shape index (κ3) is 8.64. The standard InChI is InChI=1S/C31H58N2O9/c1-12-23-31(9,38)27(35)19(5)25(32-39-13-2)17(3)16-30(8,37)28(20(6)26(34)21(7)29(36)41-23)42-24-15-22(33(10)11)14-18(4)40-24/h17-24,26-28,34-35,37-38H,12-16H2,1-11H3/b32-25+/t17-,18-,19+,20+,21-,22+,23-,24+,26+,27-,28-,30-,31-/m1/s1. The van der Waals surface area contributed by atoms with Gasteiger partial charge in [-0.15, -0.1) is 0 Å². The summed E-state index contributed by atoms with van der Waals surface area (Å²) in [5, 5.41) is 50.7. The van der Waals surface area contributed by atoms with E-state index in [1.807, 2.05) is 27.9 Å². The third-order valence-electron chi connectivity index (χ3n) is 9.34. The van der Waals surface area contributed by atoms with Gasteiger partial charge in [0.25, 0.3) is 0 Å². The predicted molar refractivity (Wildman–Crippen MR) is 160 cm³/mol. The van der Waals surface area contributed by atoms with Gasteiger partial charge in [0, 0.05) is 30.2 Å². The predicted octanol–water partition coefficient (Wildman–Crippen LogP) is 2.71. The molecule has 0 aromatic carbocycles. The van der Waals surface area contributed by atoms with E-state index in [1.165, 1.54) is 6.92 Å². The summed E-state index contributed by atoms with van der Waals surface area (Å²) in [4.78, 5) is 20.9. The van der Waals surface area contributed by atoms with Crippen molar-refractivity contribution in [2.45, 2.75) is 142 Å². The van der Waals surface area contributed by atoms with Crippen molar-refractivity contribution in [1.29, 1.82) is 0 Å². The first kappa shape index (κ1) is 36.8. The zero-order valence-corrected chi connectivity index (χ0v) is 27.6. The van der Waals surface area contributed by atoms with Crippen LogP contribution in [0.15, 0.2) is 5.16 Å². The fraction of sp³-hybridized carbons (Fsp3) is 0.935. The zero-order chi connectivity index (χ0) is 32.2.